The molecule has 2 aromatic carbocycles. The molecule has 2 aliphatic rings. The maximum atomic E-state index is 12.9. The Morgan fingerprint density at radius 1 is 0.941 bits per heavy atom. The highest BCUT2D eigenvalue weighted by atomic mass is 32.2. The molecule has 2 saturated heterocycles. The molecule has 1 N–H and O–H groups in total. The lowest BCUT2D eigenvalue weighted by molar-refractivity contribution is -0.126. The monoisotopic (exact) mass is 485 g/mol. The van der Waals surface area contributed by atoms with E-state index in [4.69, 9.17) is 4.74 Å². The number of carbonyl (C=O) groups excluding carboxylic acids is 1. The summed E-state index contributed by atoms with van der Waals surface area (Å²) < 4.78 is 32.5. The number of nitrogens with zero attached hydrogens (tertiary/aromatic N) is 2. The molecule has 1 atom stereocenters. The predicted molar refractivity (Wildman–Crippen MR) is 134 cm³/mol. The number of rotatable bonds is 7. The van der Waals surface area contributed by atoms with Crippen molar-refractivity contribution in [3.8, 4) is 5.75 Å². The number of methoxy groups -OCH3 is 1. The smallest absolute Gasteiger partial charge is 0.243 e. The minimum atomic E-state index is -3.57. The molecule has 1 unspecified atom stereocenters. The molecule has 34 heavy (non-hydrogen) atoms. The van der Waals surface area contributed by atoms with Crippen LogP contribution < -0.4 is 15.0 Å². The van der Waals surface area contributed by atoms with E-state index in [1.54, 1.807) is 31.4 Å². The van der Waals surface area contributed by atoms with Gasteiger partial charge in [0.15, 0.2) is 0 Å². The van der Waals surface area contributed by atoms with Crippen LogP contribution in [0.3, 0.4) is 0 Å². The average Bonchev–Trinajstić information content (AvgIpc) is 2.89. The fraction of sp³-hybridized carbons (Fsp3) is 0.500. The number of sulfonamides is 1. The Bertz CT molecular complexity index is 1060. The van der Waals surface area contributed by atoms with E-state index in [0.29, 0.717) is 31.7 Å². The zero-order chi connectivity index (χ0) is 24.1. The number of benzene rings is 2. The molecule has 0 bridgehead atoms. The van der Waals surface area contributed by atoms with E-state index in [0.717, 1.165) is 18.7 Å². The number of hydrogen-bond donors (Lipinski definition) is 1. The number of ether oxygens (including phenoxy) is 1. The number of nitrogens with one attached hydrogen (secondary N) is 1. The largest absolute Gasteiger partial charge is 0.497 e. The molecule has 8 heteroatoms. The van der Waals surface area contributed by atoms with Gasteiger partial charge < -0.3 is 15.0 Å². The summed E-state index contributed by atoms with van der Waals surface area (Å²) in [5.41, 5.74) is 2.32. The third kappa shape index (κ3) is 5.55. The second-order valence-electron chi connectivity index (χ2n) is 9.22. The van der Waals surface area contributed by atoms with Gasteiger partial charge in [-0.1, -0.05) is 12.1 Å². The van der Waals surface area contributed by atoms with Crippen molar-refractivity contribution in [2.75, 3.05) is 38.2 Å². The zero-order valence-electron chi connectivity index (χ0n) is 20.1. The van der Waals surface area contributed by atoms with Crippen molar-refractivity contribution in [1.82, 2.24) is 9.62 Å². The predicted octanol–water partition coefficient (Wildman–Crippen LogP) is 3.96. The fourth-order valence-electron chi connectivity index (χ4n) is 4.80. The molecule has 0 spiro atoms. The van der Waals surface area contributed by atoms with Gasteiger partial charge in [-0.05, 0) is 81.0 Å². The van der Waals surface area contributed by atoms with Gasteiger partial charge in [0, 0.05) is 37.8 Å². The topological polar surface area (TPSA) is 79.0 Å². The highest BCUT2D eigenvalue weighted by Crippen LogP contribution is 2.27. The highest BCUT2D eigenvalue weighted by molar-refractivity contribution is 7.89. The quantitative estimate of drug-likeness (QED) is 0.642. The molecule has 184 valence electrons. The van der Waals surface area contributed by atoms with Crippen LogP contribution in [-0.2, 0) is 14.8 Å². The van der Waals surface area contributed by atoms with Crippen molar-refractivity contribution >= 4 is 21.6 Å². The molecular formula is C26H35N3O4S. The maximum Gasteiger partial charge on any atom is 0.243 e. The van der Waals surface area contributed by atoms with Gasteiger partial charge >= 0.3 is 0 Å². The molecule has 4 rings (SSSR count). The Balaban J connectivity index is 1.30. The van der Waals surface area contributed by atoms with Crippen LogP contribution in [-0.4, -0.2) is 51.9 Å². The summed E-state index contributed by atoms with van der Waals surface area (Å²) >= 11 is 0. The van der Waals surface area contributed by atoms with Gasteiger partial charge in [-0.3, -0.25) is 4.79 Å². The molecular weight excluding hydrogens is 450 g/mol. The fourth-order valence-corrected chi connectivity index (χ4v) is 6.27. The van der Waals surface area contributed by atoms with Gasteiger partial charge in [0.1, 0.15) is 5.75 Å². The van der Waals surface area contributed by atoms with E-state index >= 15 is 0 Å². The first kappa shape index (κ1) is 24.5. The average molecular weight is 486 g/mol. The first-order valence-corrected chi connectivity index (χ1v) is 13.6. The minimum Gasteiger partial charge on any atom is -0.497 e. The van der Waals surface area contributed by atoms with Crippen LogP contribution in [0, 0.1) is 5.92 Å². The van der Waals surface area contributed by atoms with E-state index in [-0.39, 0.29) is 22.8 Å². The Morgan fingerprint density at radius 2 is 1.56 bits per heavy atom. The van der Waals surface area contributed by atoms with Crippen LogP contribution in [0.1, 0.15) is 50.6 Å². The number of hydrogen-bond acceptors (Lipinski definition) is 5. The van der Waals surface area contributed by atoms with Crippen molar-refractivity contribution in [2.24, 2.45) is 5.92 Å². The molecule has 0 saturated carbocycles. The Morgan fingerprint density at radius 3 is 2.15 bits per heavy atom. The summed E-state index contributed by atoms with van der Waals surface area (Å²) in [4.78, 5) is 15.6. The van der Waals surface area contributed by atoms with Crippen LogP contribution in [0.5, 0.6) is 5.75 Å². The second-order valence-corrected chi connectivity index (χ2v) is 11.2. The minimum absolute atomic E-state index is 0.00546. The van der Waals surface area contributed by atoms with Crippen LogP contribution >= 0.6 is 0 Å². The first-order valence-electron chi connectivity index (χ1n) is 12.2. The van der Waals surface area contributed by atoms with Crippen LogP contribution in [0.4, 0.5) is 5.69 Å². The molecule has 2 aliphatic heterocycles. The standard InChI is InChI=1S/C26H35N3O4S/c1-20(21-6-8-23(9-7-21)28-16-4-3-5-17-28)27-26(30)22-14-18-29(19-15-22)34(31,32)25-12-10-24(33-2)11-13-25/h6-13,20,22H,3-5,14-19H2,1-2H3,(H,27,30). The third-order valence-electron chi connectivity index (χ3n) is 6.99. The molecule has 0 aromatic heterocycles. The summed E-state index contributed by atoms with van der Waals surface area (Å²) in [6.45, 7) is 4.89. The van der Waals surface area contributed by atoms with Crippen molar-refractivity contribution in [3.63, 3.8) is 0 Å². The SMILES string of the molecule is COc1ccc(S(=O)(=O)N2CCC(C(=O)NC(C)c3ccc(N4CCCCC4)cc3)CC2)cc1. The van der Waals surface area contributed by atoms with Gasteiger partial charge in [0.25, 0.3) is 0 Å². The van der Waals surface area contributed by atoms with Gasteiger partial charge in [-0.15, -0.1) is 0 Å². The number of anilines is 1. The normalized spacial score (nSPS) is 18.9. The zero-order valence-corrected chi connectivity index (χ0v) is 20.9. The Kier molecular flexibility index (Phi) is 7.78. The van der Waals surface area contributed by atoms with E-state index in [1.165, 1.54) is 29.3 Å². The van der Waals surface area contributed by atoms with Gasteiger partial charge in [0.2, 0.25) is 15.9 Å². The van der Waals surface area contributed by atoms with E-state index in [2.05, 4.69) is 34.5 Å². The van der Waals surface area contributed by atoms with E-state index < -0.39 is 10.0 Å². The maximum absolute atomic E-state index is 12.9. The number of piperidine rings is 2. The lowest BCUT2D eigenvalue weighted by Gasteiger charge is -2.31. The van der Waals surface area contributed by atoms with Crippen LogP contribution in [0.25, 0.3) is 0 Å². The lowest BCUT2D eigenvalue weighted by Crippen LogP contribution is -2.43. The molecule has 7 nitrogen and oxygen atoms in total. The lowest BCUT2D eigenvalue weighted by atomic mass is 9.96. The second kappa shape index (κ2) is 10.8. The summed E-state index contributed by atoms with van der Waals surface area (Å²) in [6.07, 6.45) is 4.83. The summed E-state index contributed by atoms with van der Waals surface area (Å²) in [5, 5.41) is 3.13. The summed E-state index contributed by atoms with van der Waals surface area (Å²) in [5.74, 6) is 0.427. The first-order chi connectivity index (χ1) is 16.4. The van der Waals surface area contributed by atoms with E-state index in [9.17, 15) is 13.2 Å². The van der Waals surface area contributed by atoms with E-state index in [1.807, 2.05) is 6.92 Å². The van der Waals surface area contributed by atoms with Crippen molar-refractivity contribution < 1.29 is 17.9 Å². The summed E-state index contributed by atoms with van der Waals surface area (Å²) in [7, 11) is -2.03. The number of amides is 1. The molecule has 0 aliphatic carbocycles. The molecule has 0 radical (unpaired) electrons. The molecule has 1 amide bonds. The van der Waals surface area contributed by atoms with Crippen molar-refractivity contribution in [2.45, 2.75) is 50.0 Å². The van der Waals surface area contributed by atoms with Crippen LogP contribution in [0.2, 0.25) is 0 Å². The van der Waals surface area contributed by atoms with Crippen LogP contribution in [0.15, 0.2) is 53.4 Å². The Hall–Kier alpha value is -2.58. The van der Waals surface area contributed by atoms with Gasteiger partial charge in [-0.2, -0.15) is 4.31 Å². The third-order valence-corrected chi connectivity index (χ3v) is 8.91. The highest BCUT2D eigenvalue weighted by Gasteiger charge is 2.32. The molecule has 2 aromatic rings. The molecule has 2 fully saturated rings. The Labute approximate surface area is 203 Å². The van der Waals surface area contributed by atoms with Crippen molar-refractivity contribution in [3.05, 3.63) is 54.1 Å². The van der Waals surface area contributed by atoms with Gasteiger partial charge in [-0.25, -0.2) is 8.42 Å². The van der Waals surface area contributed by atoms with Crippen molar-refractivity contribution in [1.29, 1.82) is 0 Å². The van der Waals surface area contributed by atoms with Gasteiger partial charge in [0.05, 0.1) is 18.0 Å². The summed E-state index contributed by atoms with van der Waals surface area (Å²) in [6, 6.07) is 14.8. The number of carbonyl (C=O) groups is 1. The molecule has 2 heterocycles.